The van der Waals surface area contributed by atoms with Crippen molar-refractivity contribution in [2.75, 3.05) is 14.2 Å². The number of aryl methyl sites for hydroxylation is 2. The quantitative estimate of drug-likeness (QED) is 0.757. The van der Waals surface area contributed by atoms with Gasteiger partial charge in [-0.3, -0.25) is 0 Å². The van der Waals surface area contributed by atoms with Crippen molar-refractivity contribution in [1.82, 2.24) is 5.32 Å². The summed E-state index contributed by atoms with van der Waals surface area (Å²) in [5.41, 5.74) is 5.18. The average molecular weight is 395 g/mol. The van der Waals surface area contributed by atoms with E-state index in [-0.39, 0.29) is 6.04 Å². The summed E-state index contributed by atoms with van der Waals surface area (Å²) in [6.07, 6.45) is 0.917. The fourth-order valence-electron chi connectivity index (χ4n) is 2.59. The molecule has 0 aliphatic carbocycles. The summed E-state index contributed by atoms with van der Waals surface area (Å²) >= 11 is 2.44. The van der Waals surface area contributed by atoms with Crippen molar-refractivity contribution < 1.29 is 4.74 Å². The molecule has 0 radical (unpaired) electrons. The summed E-state index contributed by atoms with van der Waals surface area (Å²) in [7, 11) is 3.75. The van der Waals surface area contributed by atoms with Crippen LogP contribution in [0.25, 0.3) is 0 Å². The maximum Gasteiger partial charge on any atom is 0.122 e. The molecule has 21 heavy (non-hydrogen) atoms. The Balaban J connectivity index is 2.35. The van der Waals surface area contributed by atoms with E-state index >= 15 is 0 Å². The molecule has 0 heterocycles. The van der Waals surface area contributed by atoms with Crippen molar-refractivity contribution in [2.24, 2.45) is 0 Å². The summed E-state index contributed by atoms with van der Waals surface area (Å²) in [6, 6.07) is 13.1. The number of halogens is 1. The van der Waals surface area contributed by atoms with Gasteiger partial charge in [-0.2, -0.15) is 0 Å². The molecule has 112 valence electrons. The molecule has 1 unspecified atom stereocenters. The Morgan fingerprint density at radius 1 is 1.19 bits per heavy atom. The molecule has 0 saturated carbocycles. The number of hydrogen-bond acceptors (Lipinski definition) is 2. The van der Waals surface area contributed by atoms with Gasteiger partial charge < -0.3 is 10.1 Å². The third-order valence-electron chi connectivity index (χ3n) is 3.81. The topological polar surface area (TPSA) is 21.3 Å². The van der Waals surface area contributed by atoms with Crippen LogP contribution in [0.15, 0.2) is 36.4 Å². The fraction of sp³-hybridized carbons (Fsp3) is 0.333. The van der Waals surface area contributed by atoms with E-state index in [4.69, 9.17) is 4.74 Å². The standard InChI is InChI=1S/C18H22INO/c1-12-8-9-17(21-4)14(10-12)11-16(20-3)15-7-5-6-13(2)18(15)19/h5-10,16,20H,11H2,1-4H3. The Morgan fingerprint density at radius 3 is 2.62 bits per heavy atom. The van der Waals surface area contributed by atoms with Gasteiger partial charge in [0.15, 0.2) is 0 Å². The molecule has 0 amide bonds. The number of ether oxygens (including phenoxy) is 1. The number of likely N-dealkylation sites (N-methyl/N-ethyl adjacent to an activating group) is 1. The van der Waals surface area contributed by atoms with Crippen LogP contribution in [0, 0.1) is 17.4 Å². The van der Waals surface area contributed by atoms with E-state index in [1.165, 1.54) is 25.8 Å². The SMILES string of the molecule is CNC(Cc1cc(C)ccc1OC)c1cccc(C)c1I. The summed E-state index contributed by atoms with van der Waals surface area (Å²) in [5.74, 6) is 0.962. The Kier molecular flexibility index (Phi) is 5.65. The minimum absolute atomic E-state index is 0.285. The third-order valence-corrected chi connectivity index (χ3v) is 5.28. The molecular formula is C18H22INO. The van der Waals surface area contributed by atoms with Crippen LogP contribution < -0.4 is 10.1 Å². The lowest BCUT2D eigenvalue weighted by Crippen LogP contribution is -2.20. The van der Waals surface area contributed by atoms with Crippen molar-refractivity contribution in [3.8, 4) is 5.75 Å². The van der Waals surface area contributed by atoms with E-state index in [1.54, 1.807) is 7.11 Å². The molecule has 0 fully saturated rings. The van der Waals surface area contributed by atoms with Gasteiger partial charge in [-0.25, -0.2) is 0 Å². The molecule has 2 nitrogen and oxygen atoms in total. The molecule has 3 heteroatoms. The molecule has 2 aromatic carbocycles. The van der Waals surface area contributed by atoms with Crippen LogP contribution in [-0.4, -0.2) is 14.2 Å². The molecule has 0 bridgehead atoms. The highest BCUT2D eigenvalue weighted by molar-refractivity contribution is 14.1. The zero-order valence-electron chi connectivity index (χ0n) is 13.0. The first-order chi connectivity index (χ1) is 10.1. The predicted molar refractivity (Wildman–Crippen MR) is 97.1 cm³/mol. The second kappa shape index (κ2) is 7.27. The van der Waals surface area contributed by atoms with Crippen LogP contribution in [0.3, 0.4) is 0 Å². The summed E-state index contributed by atoms with van der Waals surface area (Å²) in [4.78, 5) is 0. The summed E-state index contributed by atoms with van der Waals surface area (Å²) in [6.45, 7) is 4.28. The molecule has 1 atom stereocenters. The minimum atomic E-state index is 0.285. The predicted octanol–water partition coefficient (Wildman–Crippen LogP) is 4.42. The molecule has 0 saturated heterocycles. The molecule has 1 N–H and O–H groups in total. The van der Waals surface area contributed by atoms with Crippen LogP contribution in [0.5, 0.6) is 5.75 Å². The van der Waals surface area contributed by atoms with Gasteiger partial charge in [0.05, 0.1) is 7.11 Å². The number of nitrogens with one attached hydrogen (secondary N) is 1. The van der Waals surface area contributed by atoms with Gasteiger partial charge in [-0.05, 0) is 72.7 Å². The van der Waals surface area contributed by atoms with Gasteiger partial charge in [0.25, 0.3) is 0 Å². The lowest BCUT2D eigenvalue weighted by Gasteiger charge is -2.21. The van der Waals surface area contributed by atoms with Crippen LogP contribution in [0.4, 0.5) is 0 Å². The first-order valence-corrected chi connectivity index (χ1v) is 8.20. The van der Waals surface area contributed by atoms with E-state index in [2.05, 4.69) is 78.2 Å². The lowest BCUT2D eigenvalue weighted by atomic mass is 9.96. The highest BCUT2D eigenvalue weighted by Crippen LogP contribution is 2.29. The molecule has 0 aliphatic rings. The van der Waals surface area contributed by atoms with E-state index in [1.807, 2.05) is 7.05 Å². The second-order valence-corrected chi connectivity index (χ2v) is 6.42. The van der Waals surface area contributed by atoms with Gasteiger partial charge in [-0.15, -0.1) is 0 Å². The second-order valence-electron chi connectivity index (χ2n) is 5.34. The van der Waals surface area contributed by atoms with Crippen LogP contribution in [0.1, 0.15) is 28.3 Å². The minimum Gasteiger partial charge on any atom is -0.496 e. The Hall–Kier alpha value is -1.07. The van der Waals surface area contributed by atoms with E-state index in [0.29, 0.717) is 0 Å². The Bertz CT molecular complexity index is 625. The third kappa shape index (κ3) is 3.77. The fourth-order valence-corrected chi connectivity index (χ4v) is 3.33. The first kappa shape index (κ1) is 16.3. The summed E-state index contributed by atoms with van der Waals surface area (Å²) in [5, 5.41) is 3.45. The number of benzene rings is 2. The monoisotopic (exact) mass is 395 g/mol. The van der Waals surface area contributed by atoms with Gasteiger partial charge in [0.2, 0.25) is 0 Å². The lowest BCUT2D eigenvalue weighted by molar-refractivity contribution is 0.406. The van der Waals surface area contributed by atoms with Crippen LogP contribution >= 0.6 is 22.6 Å². The van der Waals surface area contributed by atoms with Crippen molar-refractivity contribution in [2.45, 2.75) is 26.3 Å². The highest BCUT2D eigenvalue weighted by Gasteiger charge is 2.16. The number of rotatable bonds is 5. The van der Waals surface area contributed by atoms with Crippen molar-refractivity contribution in [3.05, 3.63) is 62.2 Å². The summed E-state index contributed by atoms with van der Waals surface area (Å²) < 4.78 is 6.84. The van der Waals surface area contributed by atoms with E-state index < -0.39 is 0 Å². The van der Waals surface area contributed by atoms with Crippen molar-refractivity contribution >= 4 is 22.6 Å². The van der Waals surface area contributed by atoms with E-state index in [0.717, 1.165) is 12.2 Å². The largest absolute Gasteiger partial charge is 0.496 e. The maximum atomic E-state index is 5.51. The Labute approximate surface area is 141 Å². The van der Waals surface area contributed by atoms with Gasteiger partial charge in [-0.1, -0.05) is 35.9 Å². The smallest absolute Gasteiger partial charge is 0.122 e. The first-order valence-electron chi connectivity index (χ1n) is 7.12. The van der Waals surface area contributed by atoms with Gasteiger partial charge >= 0.3 is 0 Å². The molecule has 2 aromatic rings. The molecule has 0 spiro atoms. The highest BCUT2D eigenvalue weighted by atomic mass is 127. The number of hydrogen-bond donors (Lipinski definition) is 1. The average Bonchev–Trinajstić information content (AvgIpc) is 2.48. The van der Waals surface area contributed by atoms with Gasteiger partial charge in [0.1, 0.15) is 5.75 Å². The molecule has 0 aromatic heterocycles. The van der Waals surface area contributed by atoms with Crippen LogP contribution in [-0.2, 0) is 6.42 Å². The van der Waals surface area contributed by atoms with Gasteiger partial charge in [0, 0.05) is 9.61 Å². The number of methoxy groups -OCH3 is 1. The normalized spacial score (nSPS) is 12.2. The van der Waals surface area contributed by atoms with Crippen LogP contribution in [0.2, 0.25) is 0 Å². The zero-order valence-corrected chi connectivity index (χ0v) is 15.2. The molecule has 2 rings (SSSR count). The Morgan fingerprint density at radius 2 is 1.95 bits per heavy atom. The van der Waals surface area contributed by atoms with E-state index in [9.17, 15) is 0 Å². The molecule has 0 aliphatic heterocycles. The van der Waals surface area contributed by atoms with Crippen molar-refractivity contribution in [1.29, 1.82) is 0 Å². The zero-order chi connectivity index (χ0) is 15.4. The van der Waals surface area contributed by atoms with Crippen molar-refractivity contribution in [3.63, 3.8) is 0 Å². The molecular weight excluding hydrogens is 373 g/mol. The maximum absolute atomic E-state index is 5.51.